The molecule has 1 heterocycles. The van der Waals surface area contributed by atoms with E-state index in [4.69, 9.17) is 10.8 Å². The number of rotatable bonds is 3. The Balaban J connectivity index is 2.40. The van der Waals surface area contributed by atoms with Crippen LogP contribution in [-0.2, 0) is 0 Å². The Morgan fingerprint density at radius 3 is 2.79 bits per heavy atom. The summed E-state index contributed by atoms with van der Waals surface area (Å²) in [7, 11) is 0. The van der Waals surface area contributed by atoms with Crippen molar-refractivity contribution in [3.05, 3.63) is 46.1 Å². The number of carboxylic acid groups (broad SMARTS) is 1. The van der Waals surface area contributed by atoms with E-state index in [0.29, 0.717) is 5.69 Å². The van der Waals surface area contributed by atoms with E-state index in [-0.39, 0.29) is 11.4 Å². The zero-order valence-electron chi connectivity index (χ0n) is 10.1. The first kappa shape index (κ1) is 13.4. The summed E-state index contributed by atoms with van der Waals surface area (Å²) < 4.78 is 0.836. The molecule has 0 aliphatic heterocycles. The fourth-order valence-corrected chi connectivity index (χ4v) is 2.19. The summed E-state index contributed by atoms with van der Waals surface area (Å²) in [5, 5.41) is 12.1. The molecule has 0 saturated carbocycles. The highest BCUT2D eigenvalue weighted by Gasteiger charge is 2.13. The van der Waals surface area contributed by atoms with Crippen LogP contribution >= 0.6 is 15.9 Å². The van der Waals surface area contributed by atoms with Gasteiger partial charge in [0.05, 0.1) is 17.6 Å². The summed E-state index contributed by atoms with van der Waals surface area (Å²) in [6, 6.07) is 7.08. The Hall–Kier alpha value is -2.08. The van der Waals surface area contributed by atoms with Crippen LogP contribution in [0.1, 0.15) is 15.9 Å². The molecule has 1 aromatic heterocycles. The predicted molar refractivity (Wildman–Crippen MR) is 77.8 cm³/mol. The standard InChI is InChI=1S/C13H12BrN3O2/c1-7-2-3-11(10(14)4-7)17-12-9(13(18)19)5-8(15)6-16-12/h2-6H,15H2,1H3,(H,16,17)(H,18,19). The molecule has 0 spiro atoms. The highest BCUT2D eigenvalue weighted by atomic mass is 79.9. The molecule has 1 aromatic carbocycles. The number of aromatic nitrogens is 1. The van der Waals surface area contributed by atoms with Gasteiger partial charge in [-0.25, -0.2) is 9.78 Å². The van der Waals surface area contributed by atoms with Crippen molar-refractivity contribution in [2.75, 3.05) is 11.1 Å². The minimum Gasteiger partial charge on any atom is -0.478 e. The van der Waals surface area contributed by atoms with Crippen molar-refractivity contribution in [2.45, 2.75) is 6.92 Å². The Labute approximate surface area is 118 Å². The molecule has 2 aromatic rings. The number of anilines is 3. The molecule has 5 nitrogen and oxygen atoms in total. The molecule has 0 atom stereocenters. The average molecular weight is 322 g/mol. The fourth-order valence-electron chi connectivity index (χ4n) is 1.59. The van der Waals surface area contributed by atoms with E-state index >= 15 is 0 Å². The van der Waals surface area contributed by atoms with E-state index in [9.17, 15) is 4.79 Å². The van der Waals surface area contributed by atoms with Crippen LogP contribution in [0, 0.1) is 6.92 Å². The van der Waals surface area contributed by atoms with Crippen LogP contribution < -0.4 is 11.1 Å². The average Bonchev–Trinajstić information content (AvgIpc) is 2.34. The third-order valence-electron chi connectivity index (χ3n) is 2.52. The molecule has 4 N–H and O–H groups in total. The van der Waals surface area contributed by atoms with Gasteiger partial charge in [0.1, 0.15) is 11.4 Å². The third-order valence-corrected chi connectivity index (χ3v) is 3.17. The van der Waals surface area contributed by atoms with Gasteiger partial charge in [-0.05, 0) is 46.6 Å². The van der Waals surface area contributed by atoms with E-state index in [1.165, 1.54) is 12.3 Å². The molecule has 98 valence electrons. The van der Waals surface area contributed by atoms with Crippen molar-refractivity contribution < 1.29 is 9.90 Å². The summed E-state index contributed by atoms with van der Waals surface area (Å²) in [6.45, 7) is 1.97. The van der Waals surface area contributed by atoms with E-state index < -0.39 is 5.97 Å². The number of hydrogen-bond acceptors (Lipinski definition) is 4. The van der Waals surface area contributed by atoms with Gasteiger partial charge in [-0.2, -0.15) is 0 Å². The van der Waals surface area contributed by atoms with Crippen molar-refractivity contribution in [3.8, 4) is 0 Å². The van der Waals surface area contributed by atoms with Crippen molar-refractivity contribution in [1.82, 2.24) is 4.98 Å². The first-order valence-corrected chi connectivity index (χ1v) is 6.28. The van der Waals surface area contributed by atoms with Crippen LogP contribution in [0.5, 0.6) is 0 Å². The largest absolute Gasteiger partial charge is 0.478 e. The molecule has 0 radical (unpaired) electrons. The van der Waals surface area contributed by atoms with Crippen LogP contribution in [0.2, 0.25) is 0 Å². The van der Waals surface area contributed by atoms with Crippen LogP contribution in [0.3, 0.4) is 0 Å². The van der Waals surface area contributed by atoms with Gasteiger partial charge in [-0.3, -0.25) is 0 Å². The SMILES string of the molecule is Cc1ccc(Nc2ncc(N)cc2C(=O)O)c(Br)c1. The number of aryl methyl sites for hydroxylation is 1. The van der Waals surface area contributed by atoms with Crippen molar-refractivity contribution in [2.24, 2.45) is 0 Å². The van der Waals surface area contributed by atoms with Crippen LogP contribution in [0.15, 0.2) is 34.9 Å². The lowest BCUT2D eigenvalue weighted by Crippen LogP contribution is -2.06. The number of aromatic carboxylic acids is 1. The molecular weight excluding hydrogens is 310 g/mol. The zero-order valence-corrected chi connectivity index (χ0v) is 11.7. The minimum atomic E-state index is -1.08. The Morgan fingerprint density at radius 2 is 2.16 bits per heavy atom. The summed E-state index contributed by atoms with van der Waals surface area (Å²) in [5.74, 6) is -0.822. The molecule has 0 aliphatic rings. The van der Waals surface area contributed by atoms with E-state index in [1.54, 1.807) is 0 Å². The maximum Gasteiger partial charge on any atom is 0.339 e. The number of carboxylic acids is 1. The molecule has 0 bridgehead atoms. The number of nitrogens with two attached hydrogens (primary N) is 1. The number of benzene rings is 1. The van der Waals surface area contributed by atoms with Crippen molar-refractivity contribution >= 4 is 39.1 Å². The van der Waals surface area contributed by atoms with Gasteiger partial charge >= 0.3 is 5.97 Å². The molecule has 0 saturated heterocycles. The second-order valence-electron chi connectivity index (χ2n) is 4.08. The summed E-state index contributed by atoms with van der Waals surface area (Å²) in [6.07, 6.45) is 1.41. The number of nitrogens with one attached hydrogen (secondary N) is 1. The number of carbonyl (C=O) groups is 1. The van der Waals surface area contributed by atoms with Gasteiger partial charge in [0, 0.05) is 4.47 Å². The molecule has 6 heteroatoms. The number of pyridine rings is 1. The van der Waals surface area contributed by atoms with Gasteiger partial charge in [0.2, 0.25) is 0 Å². The third kappa shape index (κ3) is 3.03. The van der Waals surface area contributed by atoms with Gasteiger partial charge < -0.3 is 16.2 Å². The maximum atomic E-state index is 11.2. The van der Waals surface area contributed by atoms with E-state index in [1.807, 2.05) is 25.1 Å². The maximum absolute atomic E-state index is 11.2. The highest BCUT2D eigenvalue weighted by molar-refractivity contribution is 9.10. The Morgan fingerprint density at radius 1 is 1.42 bits per heavy atom. The number of hydrogen-bond donors (Lipinski definition) is 3. The lowest BCUT2D eigenvalue weighted by molar-refractivity contribution is 0.0697. The highest BCUT2D eigenvalue weighted by Crippen LogP contribution is 2.27. The van der Waals surface area contributed by atoms with Gasteiger partial charge in [-0.1, -0.05) is 6.07 Å². The van der Waals surface area contributed by atoms with Gasteiger partial charge in [0.25, 0.3) is 0 Å². The molecule has 2 rings (SSSR count). The summed E-state index contributed by atoms with van der Waals surface area (Å²) in [4.78, 5) is 15.2. The van der Waals surface area contributed by atoms with Crippen molar-refractivity contribution in [1.29, 1.82) is 0 Å². The zero-order chi connectivity index (χ0) is 14.0. The number of nitrogen functional groups attached to an aromatic ring is 1. The monoisotopic (exact) mass is 321 g/mol. The molecule has 0 aliphatic carbocycles. The number of nitrogens with zero attached hydrogens (tertiary/aromatic N) is 1. The molecule has 0 amide bonds. The smallest absolute Gasteiger partial charge is 0.339 e. The first-order valence-electron chi connectivity index (χ1n) is 5.49. The number of halogens is 1. The molecule has 0 unspecified atom stereocenters. The normalized spacial score (nSPS) is 10.2. The summed E-state index contributed by atoms with van der Waals surface area (Å²) >= 11 is 3.42. The second kappa shape index (κ2) is 5.27. The van der Waals surface area contributed by atoms with Crippen LogP contribution in [0.25, 0.3) is 0 Å². The Kier molecular flexibility index (Phi) is 3.71. The molecule has 19 heavy (non-hydrogen) atoms. The van der Waals surface area contributed by atoms with E-state index in [2.05, 4.69) is 26.2 Å². The van der Waals surface area contributed by atoms with Crippen LogP contribution in [0.4, 0.5) is 17.2 Å². The predicted octanol–water partition coefficient (Wildman–Crippen LogP) is 3.18. The quantitative estimate of drug-likeness (QED) is 0.808. The van der Waals surface area contributed by atoms with Gasteiger partial charge in [0.15, 0.2) is 0 Å². The minimum absolute atomic E-state index is 0.0347. The molecular formula is C13H12BrN3O2. The fraction of sp³-hybridized carbons (Fsp3) is 0.0769. The lowest BCUT2D eigenvalue weighted by Gasteiger charge is -2.11. The summed E-state index contributed by atoms with van der Waals surface area (Å²) in [5.41, 5.74) is 7.73. The first-order chi connectivity index (χ1) is 8.97. The van der Waals surface area contributed by atoms with Crippen molar-refractivity contribution in [3.63, 3.8) is 0 Å². The van der Waals surface area contributed by atoms with Crippen LogP contribution in [-0.4, -0.2) is 16.1 Å². The Bertz CT molecular complexity index is 644. The molecule has 0 fully saturated rings. The van der Waals surface area contributed by atoms with Gasteiger partial charge in [-0.15, -0.1) is 0 Å². The lowest BCUT2D eigenvalue weighted by atomic mass is 10.2. The second-order valence-corrected chi connectivity index (χ2v) is 4.93. The van der Waals surface area contributed by atoms with E-state index in [0.717, 1.165) is 15.7 Å². The topological polar surface area (TPSA) is 88.2 Å².